The van der Waals surface area contributed by atoms with E-state index in [1.54, 1.807) is 6.20 Å². The van der Waals surface area contributed by atoms with Crippen LogP contribution in [-0.2, 0) is 11.3 Å². The Kier molecular flexibility index (Phi) is 5.77. The minimum Gasteiger partial charge on any atom is -0.444 e. The van der Waals surface area contributed by atoms with Crippen molar-refractivity contribution in [2.75, 3.05) is 13.1 Å². The zero-order valence-corrected chi connectivity index (χ0v) is 13.8. The van der Waals surface area contributed by atoms with Crippen LogP contribution in [0.25, 0.3) is 0 Å². The molecule has 0 saturated carbocycles. The van der Waals surface area contributed by atoms with Crippen LogP contribution in [0.2, 0.25) is 0 Å². The largest absolute Gasteiger partial charge is 0.444 e. The number of aromatic nitrogens is 1. The molecule has 1 N–H and O–H groups in total. The molecule has 1 amide bonds. The van der Waals surface area contributed by atoms with E-state index < -0.39 is 5.60 Å². The summed E-state index contributed by atoms with van der Waals surface area (Å²) in [5, 5.41) is 3.41. The number of amides is 1. The number of carbonyl (C=O) groups is 1. The zero-order valence-electron chi connectivity index (χ0n) is 13.8. The van der Waals surface area contributed by atoms with Gasteiger partial charge < -0.3 is 15.0 Å². The summed E-state index contributed by atoms with van der Waals surface area (Å²) < 4.78 is 5.52. The molecule has 1 saturated heterocycles. The summed E-state index contributed by atoms with van der Waals surface area (Å²) in [4.78, 5) is 18.5. The highest BCUT2D eigenvalue weighted by molar-refractivity contribution is 5.68. The predicted octanol–water partition coefficient (Wildman–Crippen LogP) is 2.96. The van der Waals surface area contributed by atoms with Gasteiger partial charge in [0.15, 0.2) is 0 Å². The van der Waals surface area contributed by atoms with Gasteiger partial charge in [0.2, 0.25) is 0 Å². The molecule has 0 unspecified atom stereocenters. The van der Waals surface area contributed by atoms with E-state index in [2.05, 4.69) is 10.3 Å². The molecule has 5 heteroatoms. The molecule has 2 rings (SSSR count). The van der Waals surface area contributed by atoms with Crippen molar-refractivity contribution in [2.24, 2.45) is 0 Å². The van der Waals surface area contributed by atoms with Gasteiger partial charge >= 0.3 is 6.09 Å². The lowest BCUT2D eigenvalue weighted by atomic mass is 10.0. The van der Waals surface area contributed by atoms with Gasteiger partial charge in [0, 0.05) is 31.9 Å². The first-order chi connectivity index (χ1) is 10.5. The molecule has 1 aliphatic rings. The molecule has 122 valence electrons. The Labute approximate surface area is 133 Å². The number of hydrogen-bond acceptors (Lipinski definition) is 4. The van der Waals surface area contributed by atoms with Crippen LogP contribution < -0.4 is 5.32 Å². The van der Waals surface area contributed by atoms with E-state index in [1.165, 1.54) is 0 Å². The van der Waals surface area contributed by atoms with Gasteiger partial charge in [-0.2, -0.15) is 0 Å². The minimum absolute atomic E-state index is 0.197. The number of nitrogens with zero attached hydrogens (tertiary/aromatic N) is 2. The molecule has 1 fully saturated rings. The number of likely N-dealkylation sites (tertiary alicyclic amines) is 1. The van der Waals surface area contributed by atoms with E-state index in [0.717, 1.165) is 44.6 Å². The van der Waals surface area contributed by atoms with Crippen molar-refractivity contribution in [3.8, 4) is 0 Å². The van der Waals surface area contributed by atoms with Crippen LogP contribution in [0.5, 0.6) is 0 Å². The molecule has 0 aliphatic carbocycles. The number of piperidine rings is 1. The van der Waals surface area contributed by atoms with Crippen molar-refractivity contribution >= 4 is 6.09 Å². The Hall–Kier alpha value is -1.62. The van der Waals surface area contributed by atoms with Crippen LogP contribution in [0.15, 0.2) is 24.4 Å². The van der Waals surface area contributed by atoms with E-state index >= 15 is 0 Å². The van der Waals surface area contributed by atoms with Crippen LogP contribution in [0.1, 0.15) is 45.7 Å². The van der Waals surface area contributed by atoms with Gasteiger partial charge in [-0.1, -0.05) is 6.07 Å². The minimum atomic E-state index is -0.444. The van der Waals surface area contributed by atoms with Gasteiger partial charge in [-0.05, 0) is 52.2 Å². The van der Waals surface area contributed by atoms with Gasteiger partial charge in [0.1, 0.15) is 5.60 Å². The summed E-state index contributed by atoms with van der Waals surface area (Å²) in [5.74, 6) is 0. The molecule has 0 bridgehead atoms. The fourth-order valence-corrected chi connectivity index (χ4v) is 2.64. The maximum atomic E-state index is 12.3. The maximum absolute atomic E-state index is 12.3. The first kappa shape index (κ1) is 16.7. The lowest BCUT2D eigenvalue weighted by Crippen LogP contribution is -2.50. The molecule has 22 heavy (non-hydrogen) atoms. The molecule has 0 radical (unpaired) electrons. The van der Waals surface area contributed by atoms with Crippen LogP contribution in [-0.4, -0.2) is 40.7 Å². The Bertz CT molecular complexity index is 471. The summed E-state index contributed by atoms with van der Waals surface area (Å²) in [6.45, 7) is 8.00. The summed E-state index contributed by atoms with van der Waals surface area (Å²) in [5.41, 5.74) is 0.572. The van der Waals surface area contributed by atoms with Crippen molar-refractivity contribution < 1.29 is 9.53 Å². The molecule has 0 spiro atoms. The second-order valence-corrected chi connectivity index (χ2v) is 6.78. The van der Waals surface area contributed by atoms with E-state index in [1.807, 2.05) is 43.9 Å². The lowest BCUT2D eigenvalue weighted by Gasteiger charge is -2.36. The SMILES string of the molecule is CC(C)(C)OC(=O)N1CCCC[C@@H]1CNCc1ccccn1. The van der Waals surface area contributed by atoms with Crippen LogP contribution >= 0.6 is 0 Å². The first-order valence-electron chi connectivity index (χ1n) is 8.06. The van der Waals surface area contributed by atoms with E-state index in [-0.39, 0.29) is 12.1 Å². The second kappa shape index (κ2) is 7.58. The molecule has 0 aromatic carbocycles. The molecule has 2 heterocycles. The van der Waals surface area contributed by atoms with Crippen molar-refractivity contribution in [1.82, 2.24) is 15.2 Å². The highest BCUT2D eigenvalue weighted by Crippen LogP contribution is 2.20. The normalized spacial score (nSPS) is 19.0. The summed E-state index contributed by atoms with van der Waals surface area (Å²) >= 11 is 0. The third-order valence-electron chi connectivity index (χ3n) is 3.67. The standard InChI is InChI=1S/C17H27N3O2/c1-17(2,3)22-16(21)20-11-7-5-9-15(20)13-18-12-14-8-4-6-10-19-14/h4,6,8,10,15,18H,5,7,9,11-13H2,1-3H3/t15-/m1/s1. The van der Waals surface area contributed by atoms with Crippen LogP contribution in [0.3, 0.4) is 0 Å². The summed E-state index contributed by atoms with van der Waals surface area (Å²) in [6, 6.07) is 6.10. The topological polar surface area (TPSA) is 54.5 Å². The number of carbonyl (C=O) groups excluding carboxylic acids is 1. The Morgan fingerprint density at radius 3 is 2.91 bits per heavy atom. The molecular formula is C17H27N3O2. The molecular weight excluding hydrogens is 278 g/mol. The number of hydrogen-bond donors (Lipinski definition) is 1. The fraction of sp³-hybridized carbons (Fsp3) is 0.647. The number of pyridine rings is 1. The fourth-order valence-electron chi connectivity index (χ4n) is 2.64. The predicted molar refractivity (Wildman–Crippen MR) is 86.5 cm³/mol. The highest BCUT2D eigenvalue weighted by Gasteiger charge is 2.30. The quantitative estimate of drug-likeness (QED) is 0.929. The van der Waals surface area contributed by atoms with Gasteiger partial charge in [0.05, 0.1) is 5.69 Å². The number of nitrogens with one attached hydrogen (secondary N) is 1. The van der Waals surface area contributed by atoms with E-state index in [9.17, 15) is 4.79 Å². The molecule has 5 nitrogen and oxygen atoms in total. The molecule has 1 aromatic rings. The van der Waals surface area contributed by atoms with Gasteiger partial charge in [0.25, 0.3) is 0 Å². The van der Waals surface area contributed by atoms with Crippen LogP contribution in [0.4, 0.5) is 4.79 Å². The Balaban J connectivity index is 1.85. The average molecular weight is 305 g/mol. The third-order valence-corrected chi connectivity index (χ3v) is 3.67. The smallest absolute Gasteiger partial charge is 0.410 e. The van der Waals surface area contributed by atoms with E-state index in [0.29, 0.717) is 0 Å². The molecule has 1 aliphatic heterocycles. The lowest BCUT2D eigenvalue weighted by molar-refractivity contribution is 0.00993. The van der Waals surface area contributed by atoms with Crippen molar-refractivity contribution in [2.45, 2.75) is 58.2 Å². The van der Waals surface area contributed by atoms with Crippen LogP contribution in [0, 0.1) is 0 Å². The Morgan fingerprint density at radius 1 is 1.41 bits per heavy atom. The molecule has 1 aromatic heterocycles. The van der Waals surface area contributed by atoms with Gasteiger partial charge in [-0.3, -0.25) is 4.98 Å². The summed E-state index contributed by atoms with van der Waals surface area (Å²) in [6.07, 6.45) is 4.83. The summed E-state index contributed by atoms with van der Waals surface area (Å²) in [7, 11) is 0. The van der Waals surface area contributed by atoms with Crippen molar-refractivity contribution in [3.63, 3.8) is 0 Å². The van der Waals surface area contributed by atoms with Gasteiger partial charge in [-0.25, -0.2) is 4.79 Å². The zero-order chi connectivity index (χ0) is 16.0. The third kappa shape index (κ3) is 5.30. The average Bonchev–Trinajstić information content (AvgIpc) is 2.47. The monoisotopic (exact) mass is 305 g/mol. The highest BCUT2D eigenvalue weighted by atomic mass is 16.6. The van der Waals surface area contributed by atoms with Crippen molar-refractivity contribution in [1.29, 1.82) is 0 Å². The number of ether oxygens (including phenoxy) is 1. The Morgan fingerprint density at radius 2 is 2.23 bits per heavy atom. The first-order valence-corrected chi connectivity index (χ1v) is 8.06. The van der Waals surface area contributed by atoms with Crippen molar-refractivity contribution in [3.05, 3.63) is 30.1 Å². The second-order valence-electron chi connectivity index (χ2n) is 6.78. The number of rotatable bonds is 4. The van der Waals surface area contributed by atoms with Gasteiger partial charge in [-0.15, -0.1) is 0 Å². The maximum Gasteiger partial charge on any atom is 0.410 e. The van der Waals surface area contributed by atoms with E-state index in [4.69, 9.17) is 4.74 Å². The molecule has 1 atom stereocenters.